The fraction of sp³-hybridized carbons (Fsp3) is 0.368. The molecule has 1 aromatic rings. The first-order chi connectivity index (χ1) is 11.9. The van der Waals surface area contributed by atoms with E-state index in [9.17, 15) is 10.1 Å². The zero-order valence-corrected chi connectivity index (χ0v) is 14.9. The fourth-order valence-corrected chi connectivity index (χ4v) is 2.86. The SMILES string of the molecule is CCOC(=O)C1=C(C)OC(N)=C(C#N)C1c1ccc(OCC)c(C)c1. The van der Waals surface area contributed by atoms with Gasteiger partial charge in [0.15, 0.2) is 0 Å². The molecule has 1 aliphatic heterocycles. The molecule has 0 amide bonds. The number of hydrogen-bond donors (Lipinski definition) is 1. The van der Waals surface area contributed by atoms with Crippen LogP contribution in [-0.4, -0.2) is 19.2 Å². The molecule has 6 heteroatoms. The summed E-state index contributed by atoms with van der Waals surface area (Å²) in [5, 5.41) is 9.55. The lowest BCUT2D eigenvalue weighted by atomic mass is 9.82. The minimum Gasteiger partial charge on any atom is -0.494 e. The van der Waals surface area contributed by atoms with Gasteiger partial charge in [-0.1, -0.05) is 12.1 Å². The Morgan fingerprint density at radius 2 is 2.04 bits per heavy atom. The molecule has 0 bridgehead atoms. The number of ether oxygens (including phenoxy) is 3. The van der Waals surface area contributed by atoms with E-state index < -0.39 is 11.9 Å². The predicted octanol–water partition coefficient (Wildman–Crippen LogP) is 3.04. The van der Waals surface area contributed by atoms with Gasteiger partial charge in [-0.2, -0.15) is 5.26 Å². The van der Waals surface area contributed by atoms with E-state index in [4.69, 9.17) is 19.9 Å². The van der Waals surface area contributed by atoms with Crippen molar-refractivity contribution in [3.8, 4) is 11.8 Å². The minimum atomic E-state index is -0.632. The Kier molecular flexibility index (Phi) is 5.71. The number of benzene rings is 1. The quantitative estimate of drug-likeness (QED) is 0.827. The van der Waals surface area contributed by atoms with Gasteiger partial charge >= 0.3 is 5.97 Å². The molecule has 1 aromatic carbocycles. The Balaban J connectivity index is 2.58. The van der Waals surface area contributed by atoms with Crippen molar-refractivity contribution in [1.29, 1.82) is 5.26 Å². The highest BCUT2D eigenvalue weighted by Gasteiger charge is 2.36. The van der Waals surface area contributed by atoms with Crippen LogP contribution in [0.25, 0.3) is 0 Å². The number of aryl methyl sites for hydroxylation is 1. The van der Waals surface area contributed by atoms with Crippen LogP contribution in [0.15, 0.2) is 41.0 Å². The van der Waals surface area contributed by atoms with Crippen LogP contribution in [0.2, 0.25) is 0 Å². The van der Waals surface area contributed by atoms with Gasteiger partial charge in [0.1, 0.15) is 23.2 Å². The second kappa shape index (κ2) is 7.75. The van der Waals surface area contributed by atoms with E-state index in [-0.39, 0.29) is 23.6 Å². The molecule has 0 saturated carbocycles. The number of nitriles is 1. The maximum atomic E-state index is 12.5. The summed E-state index contributed by atoms with van der Waals surface area (Å²) < 4.78 is 16.1. The fourth-order valence-electron chi connectivity index (χ4n) is 2.86. The van der Waals surface area contributed by atoms with Gasteiger partial charge < -0.3 is 19.9 Å². The van der Waals surface area contributed by atoms with Crippen molar-refractivity contribution in [2.45, 2.75) is 33.6 Å². The van der Waals surface area contributed by atoms with Crippen LogP contribution in [-0.2, 0) is 14.3 Å². The van der Waals surface area contributed by atoms with Crippen LogP contribution >= 0.6 is 0 Å². The van der Waals surface area contributed by atoms with Gasteiger partial charge in [0, 0.05) is 0 Å². The summed E-state index contributed by atoms with van der Waals surface area (Å²) in [5.41, 5.74) is 8.02. The lowest BCUT2D eigenvalue weighted by molar-refractivity contribution is -0.139. The molecule has 1 atom stereocenters. The van der Waals surface area contributed by atoms with Crippen molar-refractivity contribution in [3.63, 3.8) is 0 Å². The molecular weight excluding hydrogens is 320 g/mol. The van der Waals surface area contributed by atoms with Crippen LogP contribution in [0, 0.1) is 18.3 Å². The lowest BCUT2D eigenvalue weighted by Gasteiger charge is -2.27. The van der Waals surface area contributed by atoms with Gasteiger partial charge in [0.2, 0.25) is 5.88 Å². The van der Waals surface area contributed by atoms with E-state index in [1.807, 2.05) is 32.0 Å². The van der Waals surface area contributed by atoms with E-state index in [1.54, 1.807) is 13.8 Å². The van der Waals surface area contributed by atoms with Crippen LogP contribution < -0.4 is 10.5 Å². The highest BCUT2D eigenvalue weighted by atomic mass is 16.5. The summed E-state index contributed by atoms with van der Waals surface area (Å²) >= 11 is 0. The Bertz CT molecular complexity index is 787. The molecule has 1 aliphatic rings. The topological polar surface area (TPSA) is 94.6 Å². The molecule has 0 spiro atoms. The zero-order valence-electron chi connectivity index (χ0n) is 14.9. The molecule has 0 aromatic heterocycles. The number of nitrogens with two attached hydrogens (primary N) is 1. The molecule has 1 unspecified atom stereocenters. The highest BCUT2D eigenvalue weighted by Crippen LogP contribution is 2.40. The number of carbonyl (C=O) groups is 1. The van der Waals surface area contributed by atoms with Crippen LogP contribution in [0.3, 0.4) is 0 Å². The summed E-state index contributed by atoms with van der Waals surface area (Å²) in [5.74, 6) is -0.0489. The Labute approximate surface area is 147 Å². The first-order valence-electron chi connectivity index (χ1n) is 8.13. The van der Waals surface area contributed by atoms with Crippen molar-refractivity contribution in [3.05, 3.63) is 52.1 Å². The Morgan fingerprint density at radius 3 is 2.60 bits per heavy atom. The average Bonchev–Trinajstić information content (AvgIpc) is 2.56. The van der Waals surface area contributed by atoms with Crippen LogP contribution in [0.5, 0.6) is 5.75 Å². The van der Waals surface area contributed by atoms with Gasteiger partial charge in [-0.25, -0.2) is 4.79 Å². The molecule has 0 aliphatic carbocycles. The normalized spacial score (nSPS) is 17.0. The van der Waals surface area contributed by atoms with Crippen molar-refractivity contribution in [2.24, 2.45) is 5.73 Å². The molecule has 1 heterocycles. The monoisotopic (exact) mass is 342 g/mol. The van der Waals surface area contributed by atoms with Gasteiger partial charge in [-0.05, 0) is 44.9 Å². The van der Waals surface area contributed by atoms with Crippen molar-refractivity contribution in [2.75, 3.05) is 13.2 Å². The molecule has 25 heavy (non-hydrogen) atoms. The summed E-state index contributed by atoms with van der Waals surface area (Å²) in [4.78, 5) is 12.5. The second-order valence-electron chi connectivity index (χ2n) is 5.57. The van der Waals surface area contributed by atoms with Crippen molar-refractivity contribution < 1.29 is 19.0 Å². The number of nitrogens with zero attached hydrogens (tertiary/aromatic N) is 1. The van der Waals surface area contributed by atoms with Crippen molar-refractivity contribution in [1.82, 2.24) is 0 Å². The Morgan fingerprint density at radius 1 is 1.32 bits per heavy atom. The average molecular weight is 342 g/mol. The van der Waals surface area contributed by atoms with Gasteiger partial charge in [0.25, 0.3) is 0 Å². The van der Waals surface area contributed by atoms with Gasteiger partial charge in [0.05, 0.1) is 24.7 Å². The number of carbonyl (C=O) groups excluding carboxylic acids is 1. The molecule has 132 valence electrons. The third kappa shape index (κ3) is 3.61. The first kappa shape index (κ1) is 18.4. The lowest BCUT2D eigenvalue weighted by Crippen LogP contribution is -2.25. The maximum Gasteiger partial charge on any atom is 0.338 e. The summed E-state index contributed by atoms with van der Waals surface area (Å²) in [6.07, 6.45) is 0. The zero-order chi connectivity index (χ0) is 18.6. The molecule has 2 rings (SSSR count). The second-order valence-corrected chi connectivity index (χ2v) is 5.57. The molecule has 0 radical (unpaired) electrons. The summed E-state index contributed by atoms with van der Waals surface area (Å²) in [6.45, 7) is 7.97. The van der Waals surface area contributed by atoms with E-state index in [2.05, 4.69) is 6.07 Å². The smallest absolute Gasteiger partial charge is 0.338 e. The Hall–Kier alpha value is -2.94. The maximum absolute atomic E-state index is 12.5. The third-order valence-corrected chi connectivity index (χ3v) is 3.93. The van der Waals surface area contributed by atoms with Crippen LogP contribution in [0.1, 0.15) is 37.8 Å². The minimum absolute atomic E-state index is 0.00425. The molecule has 0 fully saturated rings. The van der Waals surface area contributed by atoms with E-state index >= 15 is 0 Å². The molecule has 6 nitrogen and oxygen atoms in total. The van der Waals surface area contributed by atoms with Crippen LogP contribution in [0.4, 0.5) is 0 Å². The largest absolute Gasteiger partial charge is 0.494 e. The molecular formula is C19H22N2O4. The van der Waals surface area contributed by atoms with Gasteiger partial charge in [-0.15, -0.1) is 0 Å². The van der Waals surface area contributed by atoms with E-state index in [1.165, 1.54) is 0 Å². The summed E-state index contributed by atoms with van der Waals surface area (Å²) in [6, 6.07) is 7.60. The van der Waals surface area contributed by atoms with Crippen molar-refractivity contribution >= 4 is 5.97 Å². The number of esters is 1. The summed E-state index contributed by atoms with van der Waals surface area (Å²) in [7, 11) is 0. The first-order valence-corrected chi connectivity index (χ1v) is 8.13. The van der Waals surface area contributed by atoms with E-state index in [0.29, 0.717) is 12.4 Å². The third-order valence-electron chi connectivity index (χ3n) is 3.93. The number of rotatable bonds is 5. The predicted molar refractivity (Wildman–Crippen MR) is 92.3 cm³/mol. The van der Waals surface area contributed by atoms with Gasteiger partial charge in [-0.3, -0.25) is 0 Å². The molecule has 2 N–H and O–H groups in total. The number of allylic oxidation sites excluding steroid dienone is 2. The van der Waals surface area contributed by atoms with E-state index in [0.717, 1.165) is 16.9 Å². The highest BCUT2D eigenvalue weighted by molar-refractivity contribution is 5.92. The molecule has 0 saturated heterocycles. The number of hydrogen-bond acceptors (Lipinski definition) is 6. The standard InChI is InChI=1S/C19H22N2O4/c1-5-23-15-8-7-13(9-11(15)3)17-14(10-20)18(21)25-12(4)16(17)19(22)24-6-2/h7-9,17H,5-6,21H2,1-4H3.